The third-order valence-corrected chi connectivity index (χ3v) is 4.31. The fraction of sp³-hybridized carbons (Fsp3) is 0.588. The molecule has 0 bridgehead atoms. The van der Waals surface area contributed by atoms with Crippen molar-refractivity contribution in [3.8, 4) is 0 Å². The fourth-order valence-electron chi connectivity index (χ4n) is 2.93. The van der Waals surface area contributed by atoms with E-state index < -0.39 is 0 Å². The van der Waals surface area contributed by atoms with Gasteiger partial charge in [-0.15, -0.1) is 0 Å². The van der Waals surface area contributed by atoms with Crippen molar-refractivity contribution in [3.63, 3.8) is 0 Å². The van der Waals surface area contributed by atoms with Gasteiger partial charge in [-0.05, 0) is 37.0 Å². The second-order valence-corrected chi connectivity index (χ2v) is 5.78. The molecule has 1 aliphatic carbocycles. The summed E-state index contributed by atoms with van der Waals surface area (Å²) >= 11 is 0. The molecule has 1 amide bonds. The molecule has 0 radical (unpaired) electrons. The maximum Gasteiger partial charge on any atom is 0.222 e. The topological polar surface area (TPSA) is 20.3 Å². The molecule has 0 aromatic heterocycles. The largest absolute Gasteiger partial charge is 0.343 e. The van der Waals surface area contributed by atoms with Crippen molar-refractivity contribution < 1.29 is 9.18 Å². The molecule has 2 nitrogen and oxygen atoms in total. The molecule has 20 heavy (non-hydrogen) atoms. The molecule has 1 saturated carbocycles. The van der Waals surface area contributed by atoms with Gasteiger partial charge < -0.3 is 4.90 Å². The lowest BCUT2D eigenvalue weighted by atomic mass is 10.1. The Balaban J connectivity index is 1.82. The van der Waals surface area contributed by atoms with Gasteiger partial charge in [-0.2, -0.15) is 0 Å². The molecule has 0 saturated heterocycles. The Kier molecular flexibility index (Phi) is 5.57. The number of rotatable bonds is 4. The highest BCUT2D eigenvalue weighted by atomic mass is 19.1. The second-order valence-electron chi connectivity index (χ2n) is 5.78. The van der Waals surface area contributed by atoms with Gasteiger partial charge in [0.25, 0.3) is 0 Å². The summed E-state index contributed by atoms with van der Waals surface area (Å²) in [4.78, 5) is 14.2. The van der Waals surface area contributed by atoms with E-state index in [1.165, 1.54) is 37.8 Å². The number of carbonyl (C=O) groups excluding carboxylic acids is 1. The number of hydrogen-bond donors (Lipinski definition) is 0. The Morgan fingerprint density at radius 1 is 1.15 bits per heavy atom. The molecule has 1 aromatic rings. The number of amides is 1. The van der Waals surface area contributed by atoms with Crippen LogP contribution in [-0.2, 0) is 11.2 Å². The van der Waals surface area contributed by atoms with E-state index in [9.17, 15) is 9.18 Å². The standard InChI is InChI=1S/C17H24FNO/c1-19(16-6-4-2-3-5-7-16)17(20)13-10-14-8-11-15(18)12-9-14/h8-9,11-12,16H,2-7,10,13H2,1H3. The zero-order valence-electron chi connectivity index (χ0n) is 12.3. The summed E-state index contributed by atoms with van der Waals surface area (Å²) in [7, 11) is 1.93. The molecule has 0 spiro atoms. The molecule has 0 N–H and O–H groups in total. The highest BCUT2D eigenvalue weighted by Gasteiger charge is 2.20. The van der Waals surface area contributed by atoms with Gasteiger partial charge in [0.1, 0.15) is 5.82 Å². The lowest BCUT2D eigenvalue weighted by Crippen LogP contribution is -2.36. The van der Waals surface area contributed by atoms with Crippen LogP contribution in [0.5, 0.6) is 0 Å². The van der Waals surface area contributed by atoms with E-state index in [1.54, 1.807) is 12.1 Å². The van der Waals surface area contributed by atoms with Gasteiger partial charge in [0.15, 0.2) is 0 Å². The molecule has 1 aromatic carbocycles. The summed E-state index contributed by atoms with van der Waals surface area (Å²) in [6.45, 7) is 0. The minimum atomic E-state index is -0.226. The summed E-state index contributed by atoms with van der Waals surface area (Å²) in [5, 5.41) is 0. The van der Waals surface area contributed by atoms with E-state index in [1.807, 2.05) is 11.9 Å². The lowest BCUT2D eigenvalue weighted by Gasteiger charge is -2.27. The molecule has 0 atom stereocenters. The molecular weight excluding hydrogens is 253 g/mol. The quantitative estimate of drug-likeness (QED) is 0.763. The van der Waals surface area contributed by atoms with Crippen LogP contribution < -0.4 is 0 Å². The minimum absolute atomic E-state index is 0.209. The van der Waals surface area contributed by atoms with E-state index in [2.05, 4.69) is 0 Å². The molecule has 1 fully saturated rings. The van der Waals surface area contributed by atoms with Crippen molar-refractivity contribution in [1.82, 2.24) is 4.90 Å². The van der Waals surface area contributed by atoms with Crippen LogP contribution in [0.25, 0.3) is 0 Å². The monoisotopic (exact) mass is 277 g/mol. The second kappa shape index (κ2) is 7.41. The summed E-state index contributed by atoms with van der Waals surface area (Å²) < 4.78 is 12.8. The first-order valence-electron chi connectivity index (χ1n) is 7.67. The predicted octanol–water partition coefficient (Wildman–Crippen LogP) is 3.94. The van der Waals surface area contributed by atoms with E-state index >= 15 is 0 Å². The first-order chi connectivity index (χ1) is 9.66. The molecule has 0 aliphatic heterocycles. The highest BCUT2D eigenvalue weighted by molar-refractivity contribution is 5.76. The maximum absolute atomic E-state index is 12.8. The number of carbonyl (C=O) groups is 1. The van der Waals surface area contributed by atoms with E-state index in [0.717, 1.165) is 18.4 Å². The molecule has 1 aliphatic rings. The maximum atomic E-state index is 12.8. The number of benzene rings is 1. The van der Waals surface area contributed by atoms with Crippen molar-refractivity contribution >= 4 is 5.91 Å². The summed E-state index contributed by atoms with van der Waals surface area (Å²) in [5.74, 6) is -0.0168. The van der Waals surface area contributed by atoms with Crippen LogP contribution in [0.4, 0.5) is 4.39 Å². The average Bonchev–Trinajstić information content (AvgIpc) is 2.74. The molecular formula is C17H24FNO. The molecule has 3 heteroatoms. The van der Waals surface area contributed by atoms with Crippen LogP contribution in [0, 0.1) is 5.82 Å². The van der Waals surface area contributed by atoms with E-state index in [-0.39, 0.29) is 11.7 Å². The van der Waals surface area contributed by atoms with Gasteiger partial charge in [0.05, 0.1) is 0 Å². The van der Waals surface area contributed by atoms with Gasteiger partial charge in [-0.25, -0.2) is 4.39 Å². The van der Waals surface area contributed by atoms with Crippen molar-refractivity contribution in [2.75, 3.05) is 7.05 Å². The number of halogens is 1. The van der Waals surface area contributed by atoms with Crippen LogP contribution in [-0.4, -0.2) is 23.9 Å². The minimum Gasteiger partial charge on any atom is -0.343 e. The smallest absolute Gasteiger partial charge is 0.222 e. The van der Waals surface area contributed by atoms with Gasteiger partial charge in [0.2, 0.25) is 5.91 Å². The Morgan fingerprint density at radius 3 is 2.35 bits per heavy atom. The molecule has 0 unspecified atom stereocenters. The molecule has 0 heterocycles. The summed E-state index contributed by atoms with van der Waals surface area (Å²) in [5.41, 5.74) is 1.02. The van der Waals surface area contributed by atoms with Gasteiger partial charge in [0, 0.05) is 19.5 Å². The Hall–Kier alpha value is -1.38. The number of hydrogen-bond acceptors (Lipinski definition) is 1. The first-order valence-corrected chi connectivity index (χ1v) is 7.67. The highest BCUT2D eigenvalue weighted by Crippen LogP contribution is 2.21. The zero-order valence-corrected chi connectivity index (χ0v) is 12.3. The van der Waals surface area contributed by atoms with Crippen LogP contribution >= 0.6 is 0 Å². The number of aryl methyl sites for hydroxylation is 1. The molecule has 110 valence electrons. The summed E-state index contributed by atoms with van der Waals surface area (Å²) in [6, 6.07) is 6.84. The van der Waals surface area contributed by atoms with Gasteiger partial charge in [-0.1, -0.05) is 37.8 Å². The van der Waals surface area contributed by atoms with Gasteiger partial charge in [-0.3, -0.25) is 4.79 Å². The van der Waals surface area contributed by atoms with Crippen LogP contribution in [0.1, 0.15) is 50.5 Å². The van der Waals surface area contributed by atoms with Crippen molar-refractivity contribution in [3.05, 3.63) is 35.6 Å². The Labute approximate surface area is 121 Å². The third kappa shape index (κ3) is 4.32. The summed E-state index contributed by atoms with van der Waals surface area (Å²) in [6.07, 6.45) is 8.55. The average molecular weight is 277 g/mol. The SMILES string of the molecule is CN(C(=O)CCc1ccc(F)cc1)C1CCCCCC1. The predicted molar refractivity (Wildman–Crippen MR) is 79.0 cm³/mol. The van der Waals surface area contributed by atoms with Crippen molar-refractivity contribution in [2.45, 2.75) is 57.4 Å². The van der Waals surface area contributed by atoms with E-state index in [0.29, 0.717) is 18.9 Å². The Morgan fingerprint density at radius 2 is 1.75 bits per heavy atom. The van der Waals surface area contributed by atoms with Crippen LogP contribution in [0.2, 0.25) is 0 Å². The normalized spacial score (nSPS) is 16.7. The first kappa shape index (κ1) is 15.0. The zero-order chi connectivity index (χ0) is 14.4. The number of nitrogens with zero attached hydrogens (tertiary/aromatic N) is 1. The van der Waals surface area contributed by atoms with Gasteiger partial charge >= 0.3 is 0 Å². The van der Waals surface area contributed by atoms with Crippen molar-refractivity contribution in [2.24, 2.45) is 0 Å². The van der Waals surface area contributed by atoms with E-state index in [4.69, 9.17) is 0 Å². The fourth-order valence-corrected chi connectivity index (χ4v) is 2.93. The lowest BCUT2D eigenvalue weighted by molar-refractivity contribution is -0.132. The molecule has 2 rings (SSSR count). The van der Waals surface area contributed by atoms with Crippen molar-refractivity contribution in [1.29, 1.82) is 0 Å². The Bertz CT molecular complexity index is 421. The van der Waals surface area contributed by atoms with Crippen LogP contribution in [0.3, 0.4) is 0 Å². The third-order valence-electron chi connectivity index (χ3n) is 4.31. The van der Waals surface area contributed by atoms with Crippen LogP contribution in [0.15, 0.2) is 24.3 Å².